The molecule has 0 aliphatic heterocycles. The third-order valence-corrected chi connectivity index (χ3v) is 20.4. The maximum Gasteiger partial charge on any atom is 1.00 e. The smallest absolute Gasteiger partial charge is 0.465 e. The second-order valence-electron chi connectivity index (χ2n) is 29.9. The van der Waals surface area contributed by atoms with Crippen molar-refractivity contribution in [1.29, 1.82) is 0 Å². The van der Waals surface area contributed by atoms with Crippen LogP contribution in [0.15, 0.2) is 254 Å². The molecule has 9 heterocycles. The fourth-order valence-corrected chi connectivity index (χ4v) is 14.5. The summed E-state index contributed by atoms with van der Waals surface area (Å²) in [7, 11) is 0. The molecular formula is C92H76K3N17O23. The van der Waals surface area contributed by atoms with Crippen LogP contribution >= 0.6 is 0 Å². The van der Waals surface area contributed by atoms with Gasteiger partial charge in [0, 0.05) is 28.7 Å². The Kier molecular flexibility index (Phi) is 33.7. The molecule has 0 amide bonds. The van der Waals surface area contributed by atoms with Crippen LogP contribution in [-0.2, 0) is 68.6 Å². The van der Waals surface area contributed by atoms with Crippen molar-refractivity contribution in [2.75, 3.05) is 26.6 Å². The number of hydrogen-bond donors (Lipinski definition) is 0. The first-order chi connectivity index (χ1) is 64.1. The number of hydrogen-bond acceptors (Lipinski definition) is 32. The summed E-state index contributed by atoms with van der Waals surface area (Å²) >= 11 is 0. The van der Waals surface area contributed by atoms with E-state index in [0.29, 0.717) is 118 Å². The summed E-state index contributed by atoms with van der Waals surface area (Å²) in [5.74, 6) is -3.24. The van der Waals surface area contributed by atoms with Crippen molar-refractivity contribution < 1.29 is 248 Å². The third kappa shape index (κ3) is 23.3. The quantitative estimate of drug-likeness (QED) is 0.0213. The topological polar surface area (TPSA) is 499 Å². The fraction of sp³-hybridized carbons (Fsp3) is 0.196. The SMILES string of the molecule is CCOc1nc2cccc(C(=O)OCOC(=O)OCc3ccno3)c2n1Cc1ccc(-c2ccccc2-c2noc(=O)[n-]2)cc1.CCOc1nc2cccc(C(=O)OCc3no[n+]([O-])c3C(C)(C)C)c2n1Cc1ccc(-c2ccccc2-c2noc(=O)[n-]2)cc1.CCOc1nc2cccc(C(=O)OCc3no[n+]([O-])c3C)c2n1Cc1ccc(-c2ccccc2-c2noc(=O)[n-]2)cc1.[K+].[K+].[K+]. The first kappa shape index (κ1) is 99.8. The van der Waals surface area contributed by atoms with E-state index in [1.165, 1.54) is 19.2 Å². The zero-order valence-electron chi connectivity index (χ0n) is 74.3. The number of carbonyl (C=O) groups excluding carboxylic acids is 4. The minimum Gasteiger partial charge on any atom is -0.465 e. The average Bonchev–Trinajstić information content (AvgIpc) is 1.63. The largest absolute Gasteiger partial charge is 1.00 e. The van der Waals surface area contributed by atoms with Gasteiger partial charge in [0.15, 0.2) is 31.3 Å². The molecule has 18 aromatic rings. The van der Waals surface area contributed by atoms with Gasteiger partial charge in [-0.2, -0.15) is 15.0 Å². The number of esters is 3. The summed E-state index contributed by atoms with van der Waals surface area (Å²) in [6.07, 6.45) is 0.369. The minimum atomic E-state index is -1.04. The fourth-order valence-electron chi connectivity index (χ4n) is 14.5. The Hall–Kier alpha value is -12.7. The molecule has 0 aliphatic rings. The van der Waals surface area contributed by atoms with E-state index in [9.17, 15) is 44.0 Å². The van der Waals surface area contributed by atoms with Crippen LogP contribution in [0.2, 0.25) is 0 Å². The number of para-hydroxylation sites is 3. The molecule has 0 atom stereocenters. The van der Waals surface area contributed by atoms with Crippen molar-refractivity contribution in [3.05, 3.63) is 316 Å². The van der Waals surface area contributed by atoms with E-state index in [4.69, 9.17) is 47.0 Å². The molecule has 43 heteroatoms. The number of benzene rings is 9. The molecule has 0 saturated heterocycles. The molecule has 9 aromatic carbocycles. The van der Waals surface area contributed by atoms with Crippen LogP contribution < -0.4 is 210 Å². The summed E-state index contributed by atoms with van der Waals surface area (Å²) in [4.78, 5) is 112. The predicted molar refractivity (Wildman–Crippen MR) is 462 cm³/mol. The van der Waals surface area contributed by atoms with Gasteiger partial charge in [-0.3, -0.25) is 38.4 Å². The van der Waals surface area contributed by atoms with Crippen molar-refractivity contribution in [2.45, 2.75) is 93.3 Å². The molecule has 670 valence electrons. The number of imidazole rings is 3. The van der Waals surface area contributed by atoms with Crippen LogP contribution in [0.4, 0.5) is 4.79 Å². The van der Waals surface area contributed by atoms with E-state index >= 15 is 0 Å². The Morgan fingerprint density at radius 2 is 0.756 bits per heavy atom. The van der Waals surface area contributed by atoms with Gasteiger partial charge in [-0.05, 0) is 151 Å². The summed E-state index contributed by atoms with van der Waals surface area (Å²) in [5.41, 5.74) is 14.2. The normalized spacial score (nSPS) is 11.0. The van der Waals surface area contributed by atoms with E-state index in [0.717, 1.165) is 50.1 Å². The van der Waals surface area contributed by atoms with Crippen LogP contribution in [-0.4, -0.2) is 110 Å². The maximum atomic E-state index is 13.4. The van der Waals surface area contributed by atoms with Gasteiger partial charge >= 0.3 is 195 Å². The average molecular weight is 1910 g/mol. The first-order valence-electron chi connectivity index (χ1n) is 40.9. The van der Waals surface area contributed by atoms with Crippen LogP contribution in [0.1, 0.15) is 118 Å². The Balaban J connectivity index is 0.000000170. The number of rotatable bonds is 29. The second-order valence-corrected chi connectivity index (χ2v) is 29.9. The molecule has 0 unspecified atom stereocenters. The molecule has 0 saturated carbocycles. The Morgan fingerprint density at radius 3 is 1.09 bits per heavy atom. The van der Waals surface area contributed by atoms with Crippen LogP contribution in [0.5, 0.6) is 18.0 Å². The summed E-state index contributed by atoms with van der Waals surface area (Å²) in [6, 6.07) is 63.6. The third-order valence-electron chi connectivity index (χ3n) is 20.4. The Labute approximate surface area is 891 Å². The standard InChI is InChI=1S/C32H30N6O7.C31H25N5O9.C29H24N6O7.3K/c1-5-42-30-33-24-12-8-11-23(29(39)43-18-25-27(32(2,3)4)38(41)45-35-25)26(24)37(30)17-19-13-15-20(16-14-19)21-9-6-7-10-22(21)28-34-31(40)44-36-28;1-2-40-29-33-25-9-5-8-24(28(37)42-18-43-31(39)41-17-21-14-15-32-44-21)26(25)36(29)16-19-10-12-20(13-11-19)22-6-3-4-7-23(22)27-34-30(38)45-35-27;1-3-39-28-30-23-10-6-9-22(27(36)40-16-24-17(2)35(38)42-32-24)25(23)34(28)15-18-11-13-19(14-12-18)20-7-4-5-8-21(20)26-31-29(37)41-33-26;;;/h6-16H,5,17-18H2,1-4H3,(H,34,36,40);3-15H,2,16-18H2,1H3,(H,34,35,38);4-14H,3,15-16H2,1-2H3,(H,31,33,37);;;/q;;;3*+1/p-3. The number of nitrogens with zero attached hydrogens (tertiary/aromatic N) is 17. The van der Waals surface area contributed by atoms with E-state index < -0.39 is 53.5 Å². The first-order valence-corrected chi connectivity index (χ1v) is 40.9. The second kappa shape index (κ2) is 45.5. The van der Waals surface area contributed by atoms with E-state index in [1.807, 2.05) is 196 Å². The van der Waals surface area contributed by atoms with Crippen LogP contribution in [0.3, 0.4) is 0 Å². The van der Waals surface area contributed by atoms with E-state index in [2.05, 4.69) is 79.0 Å². The molecule has 0 bridgehead atoms. The predicted octanol–water partition coefficient (Wildman–Crippen LogP) is 3.40. The van der Waals surface area contributed by atoms with Crippen molar-refractivity contribution >= 4 is 57.2 Å². The molecule has 135 heavy (non-hydrogen) atoms. The molecule has 0 N–H and O–H groups in total. The zero-order valence-corrected chi connectivity index (χ0v) is 83.6. The number of carbonyl (C=O) groups is 4. The molecule has 18 rings (SSSR count). The molecule has 40 nitrogen and oxygen atoms in total. The molecule has 0 aliphatic carbocycles. The molecule has 9 aromatic heterocycles. The summed E-state index contributed by atoms with van der Waals surface area (Å²) < 4.78 is 77.1. The number of aromatic nitrogens is 17. The monoisotopic (exact) mass is 1900 g/mol. The zero-order chi connectivity index (χ0) is 92.1. The van der Waals surface area contributed by atoms with Gasteiger partial charge in [-0.25, -0.2) is 33.6 Å². The number of ether oxygens (including phenoxy) is 8. The van der Waals surface area contributed by atoms with Crippen molar-refractivity contribution in [3.8, 4) is 85.6 Å². The van der Waals surface area contributed by atoms with Gasteiger partial charge in [0.05, 0.1) is 95.4 Å². The molecule has 0 radical (unpaired) electrons. The van der Waals surface area contributed by atoms with Gasteiger partial charge in [-0.1, -0.05) is 190 Å². The molecule has 0 fully saturated rings. The van der Waals surface area contributed by atoms with Gasteiger partial charge in [0.2, 0.25) is 12.5 Å². The van der Waals surface area contributed by atoms with Crippen molar-refractivity contribution in [1.82, 2.24) is 74.5 Å². The van der Waals surface area contributed by atoms with Gasteiger partial charge in [-0.15, -0.1) is 0 Å². The van der Waals surface area contributed by atoms with Gasteiger partial charge in [0.25, 0.3) is 29.4 Å². The summed E-state index contributed by atoms with van der Waals surface area (Å²) in [5, 5.41) is 45.9. The number of fused-ring (bicyclic) bond motifs is 3. The van der Waals surface area contributed by atoms with Gasteiger partial charge < -0.3 is 81.4 Å². The minimum absolute atomic E-state index is 0. The Morgan fingerprint density at radius 1 is 0.400 bits per heavy atom. The van der Waals surface area contributed by atoms with E-state index in [1.54, 1.807) is 59.2 Å². The van der Waals surface area contributed by atoms with Crippen LogP contribution in [0.25, 0.3) is 101 Å². The van der Waals surface area contributed by atoms with Crippen LogP contribution in [0, 0.1) is 17.3 Å². The summed E-state index contributed by atoms with van der Waals surface area (Å²) in [6.45, 7) is 13.4. The Bertz CT molecular complexity index is 7390. The van der Waals surface area contributed by atoms with E-state index in [-0.39, 0.29) is 236 Å². The van der Waals surface area contributed by atoms with Crippen molar-refractivity contribution in [2.24, 2.45) is 0 Å². The molecular weight excluding hydrogens is 1830 g/mol. The maximum absolute atomic E-state index is 13.4. The van der Waals surface area contributed by atoms with Gasteiger partial charge in [0.1, 0.15) is 0 Å². The van der Waals surface area contributed by atoms with Crippen molar-refractivity contribution in [3.63, 3.8) is 0 Å². The molecule has 0 spiro atoms.